The van der Waals surface area contributed by atoms with Crippen molar-refractivity contribution in [3.63, 3.8) is 0 Å². The van der Waals surface area contributed by atoms with Crippen LogP contribution in [-0.2, 0) is 24.1 Å². The number of carbonyl (C=O) groups is 1. The standard InChI is InChI=1S/C15H21N3O2/c1-5-11-10(7-15(19)20)13(6-2)18-14(16-11)8-12(17-18)9(3)4/h8-9H,5-7H2,1-4H3,(H,19,20). The van der Waals surface area contributed by atoms with Crippen LogP contribution in [0.1, 0.15) is 56.3 Å². The van der Waals surface area contributed by atoms with Gasteiger partial charge in [-0.3, -0.25) is 4.79 Å². The SMILES string of the molecule is CCc1nc2cc(C(C)C)nn2c(CC)c1CC(=O)O. The maximum absolute atomic E-state index is 11.1. The Balaban J connectivity index is 2.72. The molecule has 2 rings (SSSR count). The Labute approximate surface area is 118 Å². The van der Waals surface area contributed by atoms with Crippen molar-refractivity contribution in [2.75, 3.05) is 0 Å². The predicted octanol–water partition coefficient (Wildman–Crippen LogP) is 2.60. The summed E-state index contributed by atoms with van der Waals surface area (Å²) in [5.41, 5.74) is 4.44. The van der Waals surface area contributed by atoms with Crippen LogP contribution in [0.25, 0.3) is 5.65 Å². The Hall–Kier alpha value is -1.91. The Bertz CT molecular complexity index is 644. The smallest absolute Gasteiger partial charge is 0.307 e. The van der Waals surface area contributed by atoms with E-state index in [1.165, 1.54) is 0 Å². The van der Waals surface area contributed by atoms with E-state index in [1.54, 1.807) is 0 Å². The molecule has 0 fully saturated rings. The molecule has 0 radical (unpaired) electrons. The van der Waals surface area contributed by atoms with Crippen molar-refractivity contribution in [1.82, 2.24) is 14.6 Å². The molecule has 2 heterocycles. The molecule has 0 spiro atoms. The van der Waals surface area contributed by atoms with Crippen LogP contribution in [0.3, 0.4) is 0 Å². The van der Waals surface area contributed by atoms with E-state index >= 15 is 0 Å². The van der Waals surface area contributed by atoms with Crippen molar-refractivity contribution >= 4 is 11.6 Å². The third-order valence-corrected chi connectivity index (χ3v) is 3.50. The van der Waals surface area contributed by atoms with E-state index in [4.69, 9.17) is 5.11 Å². The summed E-state index contributed by atoms with van der Waals surface area (Å²) in [4.78, 5) is 15.7. The number of carboxylic acids is 1. The third kappa shape index (κ3) is 2.53. The van der Waals surface area contributed by atoms with E-state index in [9.17, 15) is 4.79 Å². The van der Waals surface area contributed by atoms with Gasteiger partial charge in [0.2, 0.25) is 0 Å². The first-order valence-corrected chi connectivity index (χ1v) is 7.09. The lowest BCUT2D eigenvalue weighted by molar-refractivity contribution is -0.136. The van der Waals surface area contributed by atoms with E-state index in [2.05, 4.69) is 23.9 Å². The molecule has 0 aliphatic rings. The second kappa shape index (κ2) is 5.61. The summed E-state index contributed by atoms with van der Waals surface area (Å²) in [7, 11) is 0. The average molecular weight is 275 g/mol. The van der Waals surface area contributed by atoms with Crippen LogP contribution < -0.4 is 0 Å². The maximum atomic E-state index is 11.1. The minimum absolute atomic E-state index is 0.00611. The van der Waals surface area contributed by atoms with Gasteiger partial charge in [-0.2, -0.15) is 5.10 Å². The van der Waals surface area contributed by atoms with Crippen LogP contribution in [-0.4, -0.2) is 25.7 Å². The number of aryl methyl sites for hydroxylation is 2. The maximum Gasteiger partial charge on any atom is 0.307 e. The first kappa shape index (κ1) is 14.5. The summed E-state index contributed by atoms with van der Waals surface area (Å²) in [6.45, 7) is 8.21. The number of carboxylic acid groups (broad SMARTS) is 1. The van der Waals surface area contributed by atoms with Gasteiger partial charge in [0.25, 0.3) is 0 Å². The molecule has 0 saturated heterocycles. The van der Waals surface area contributed by atoms with Crippen molar-refractivity contribution in [2.45, 2.75) is 52.9 Å². The number of hydrogen-bond acceptors (Lipinski definition) is 3. The number of nitrogens with zero attached hydrogens (tertiary/aromatic N) is 3. The molecule has 0 atom stereocenters. The number of fused-ring (bicyclic) bond motifs is 1. The highest BCUT2D eigenvalue weighted by Gasteiger charge is 2.18. The van der Waals surface area contributed by atoms with E-state index in [-0.39, 0.29) is 6.42 Å². The van der Waals surface area contributed by atoms with Gasteiger partial charge < -0.3 is 5.11 Å². The summed E-state index contributed by atoms with van der Waals surface area (Å²) >= 11 is 0. The first-order chi connectivity index (χ1) is 9.47. The number of aliphatic carboxylic acids is 1. The summed E-state index contributed by atoms with van der Waals surface area (Å²) in [6, 6.07) is 1.99. The summed E-state index contributed by atoms with van der Waals surface area (Å²) < 4.78 is 1.81. The van der Waals surface area contributed by atoms with Gasteiger partial charge in [0.1, 0.15) is 0 Å². The molecule has 0 bridgehead atoms. The zero-order valence-electron chi connectivity index (χ0n) is 12.5. The Morgan fingerprint density at radius 3 is 2.55 bits per heavy atom. The molecule has 0 aromatic carbocycles. The lowest BCUT2D eigenvalue weighted by atomic mass is 10.0. The topological polar surface area (TPSA) is 67.5 Å². The van der Waals surface area contributed by atoms with Crippen LogP contribution in [0, 0.1) is 0 Å². The summed E-state index contributed by atoms with van der Waals surface area (Å²) in [5.74, 6) is -0.499. The molecule has 108 valence electrons. The van der Waals surface area contributed by atoms with Crippen LogP contribution >= 0.6 is 0 Å². The van der Waals surface area contributed by atoms with Gasteiger partial charge in [-0.1, -0.05) is 27.7 Å². The molecule has 20 heavy (non-hydrogen) atoms. The van der Waals surface area contributed by atoms with Crippen LogP contribution in [0.5, 0.6) is 0 Å². The Morgan fingerprint density at radius 2 is 2.05 bits per heavy atom. The molecule has 2 aromatic rings. The lowest BCUT2D eigenvalue weighted by Crippen LogP contribution is -2.13. The molecule has 5 nitrogen and oxygen atoms in total. The molecule has 0 amide bonds. The van der Waals surface area contributed by atoms with Gasteiger partial charge in [0.05, 0.1) is 12.1 Å². The fourth-order valence-electron chi connectivity index (χ4n) is 2.46. The van der Waals surface area contributed by atoms with Gasteiger partial charge in [0, 0.05) is 23.0 Å². The molecule has 5 heteroatoms. The highest BCUT2D eigenvalue weighted by molar-refractivity contribution is 5.71. The van der Waals surface area contributed by atoms with Gasteiger partial charge in [-0.25, -0.2) is 9.50 Å². The largest absolute Gasteiger partial charge is 0.481 e. The molecule has 1 N–H and O–H groups in total. The molecule has 0 saturated carbocycles. The minimum atomic E-state index is -0.827. The second-order valence-corrected chi connectivity index (χ2v) is 5.26. The fourth-order valence-corrected chi connectivity index (χ4v) is 2.46. The zero-order chi connectivity index (χ0) is 14.9. The predicted molar refractivity (Wildman–Crippen MR) is 77.2 cm³/mol. The molecular formula is C15H21N3O2. The number of aromatic nitrogens is 3. The number of rotatable bonds is 5. The Kier molecular flexibility index (Phi) is 4.06. The van der Waals surface area contributed by atoms with E-state index < -0.39 is 5.97 Å². The highest BCUT2D eigenvalue weighted by atomic mass is 16.4. The average Bonchev–Trinajstić information content (AvgIpc) is 2.81. The fraction of sp³-hybridized carbons (Fsp3) is 0.533. The van der Waals surface area contributed by atoms with Crippen LogP contribution in [0.15, 0.2) is 6.07 Å². The normalized spacial score (nSPS) is 11.4. The quantitative estimate of drug-likeness (QED) is 0.910. The molecule has 0 aliphatic carbocycles. The molecule has 2 aromatic heterocycles. The van der Waals surface area contributed by atoms with E-state index in [0.717, 1.165) is 41.1 Å². The third-order valence-electron chi connectivity index (χ3n) is 3.50. The van der Waals surface area contributed by atoms with E-state index in [1.807, 2.05) is 24.4 Å². The van der Waals surface area contributed by atoms with Gasteiger partial charge in [0.15, 0.2) is 5.65 Å². The first-order valence-electron chi connectivity index (χ1n) is 7.09. The second-order valence-electron chi connectivity index (χ2n) is 5.26. The summed E-state index contributed by atoms with van der Waals surface area (Å²) in [5, 5.41) is 13.7. The molecule has 0 unspecified atom stereocenters. The van der Waals surface area contributed by atoms with Crippen LogP contribution in [0.4, 0.5) is 0 Å². The molecular weight excluding hydrogens is 254 g/mol. The molecule has 0 aliphatic heterocycles. The van der Waals surface area contributed by atoms with Crippen molar-refractivity contribution in [3.8, 4) is 0 Å². The van der Waals surface area contributed by atoms with Crippen molar-refractivity contribution < 1.29 is 9.90 Å². The van der Waals surface area contributed by atoms with Crippen molar-refractivity contribution in [2.24, 2.45) is 0 Å². The van der Waals surface area contributed by atoms with E-state index in [0.29, 0.717) is 5.92 Å². The van der Waals surface area contributed by atoms with Gasteiger partial charge in [-0.05, 0) is 18.8 Å². The van der Waals surface area contributed by atoms with Crippen molar-refractivity contribution in [3.05, 3.63) is 28.7 Å². The summed E-state index contributed by atoms with van der Waals surface area (Å²) in [6.07, 6.45) is 1.48. The van der Waals surface area contributed by atoms with Crippen molar-refractivity contribution in [1.29, 1.82) is 0 Å². The van der Waals surface area contributed by atoms with Gasteiger partial charge in [-0.15, -0.1) is 0 Å². The van der Waals surface area contributed by atoms with Gasteiger partial charge >= 0.3 is 5.97 Å². The van der Waals surface area contributed by atoms with Crippen LogP contribution in [0.2, 0.25) is 0 Å². The number of hydrogen-bond donors (Lipinski definition) is 1. The highest BCUT2D eigenvalue weighted by Crippen LogP contribution is 2.21. The monoisotopic (exact) mass is 275 g/mol. The Morgan fingerprint density at radius 1 is 1.35 bits per heavy atom. The minimum Gasteiger partial charge on any atom is -0.481 e. The lowest BCUT2D eigenvalue weighted by Gasteiger charge is -2.12. The zero-order valence-corrected chi connectivity index (χ0v) is 12.5.